The number of sulfonamides is 1. The number of hydrogen-bond acceptors (Lipinski definition) is 4. The molecule has 2 rings (SSSR count). The number of nitrogens with one attached hydrogen (secondary N) is 1. The van der Waals surface area contributed by atoms with Gasteiger partial charge in [-0.3, -0.25) is 9.59 Å². The molecule has 1 aliphatic rings. The second-order valence-electron chi connectivity index (χ2n) is 6.84. The Morgan fingerprint density at radius 3 is 2.37 bits per heavy atom. The predicted molar refractivity (Wildman–Crippen MR) is 102 cm³/mol. The first-order valence-corrected chi connectivity index (χ1v) is 10.7. The van der Waals surface area contributed by atoms with E-state index in [1.807, 2.05) is 0 Å². The molecule has 2 atom stereocenters. The molecule has 0 aromatic heterocycles. The van der Waals surface area contributed by atoms with Gasteiger partial charge in [0.25, 0.3) is 0 Å². The van der Waals surface area contributed by atoms with E-state index in [-0.39, 0.29) is 33.8 Å². The van der Waals surface area contributed by atoms with Gasteiger partial charge in [0.1, 0.15) is 6.04 Å². The van der Waals surface area contributed by atoms with Crippen molar-refractivity contribution in [1.29, 1.82) is 0 Å². The van der Waals surface area contributed by atoms with E-state index < -0.39 is 34.0 Å². The molecule has 27 heavy (non-hydrogen) atoms. The first-order chi connectivity index (χ1) is 12.5. The summed E-state index contributed by atoms with van der Waals surface area (Å²) in [6.45, 7) is 3.78. The third-order valence-corrected chi connectivity index (χ3v) is 6.80. The quantitative estimate of drug-likeness (QED) is 0.683. The SMILES string of the molecule is CC(C)[C@H](CC(=O)O)NC(=O)[C@@H]1CCCN1S(=O)(=O)c1cc(Cl)cc(Cl)c1. The topological polar surface area (TPSA) is 104 Å². The summed E-state index contributed by atoms with van der Waals surface area (Å²) in [6.07, 6.45) is 0.654. The molecule has 1 aromatic rings. The Morgan fingerprint density at radius 1 is 1.26 bits per heavy atom. The summed E-state index contributed by atoms with van der Waals surface area (Å²) in [5.41, 5.74) is 0. The molecule has 10 heteroatoms. The van der Waals surface area contributed by atoms with Gasteiger partial charge in [-0.05, 0) is 37.0 Å². The van der Waals surface area contributed by atoms with E-state index in [4.69, 9.17) is 28.3 Å². The van der Waals surface area contributed by atoms with Gasteiger partial charge < -0.3 is 10.4 Å². The fourth-order valence-corrected chi connectivity index (χ4v) is 5.41. The third-order valence-electron chi connectivity index (χ3n) is 4.48. The number of carboxylic acids is 1. The summed E-state index contributed by atoms with van der Waals surface area (Å²) >= 11 is 11.8. The van der Waals surface area contributed by atoms with Crippen LogP contribution in [0, 0.1) is 5.92 Å². The van der Waals surface area contributed by atoms with E-state index in [1.54, 1.807) is 13.8 Å². The van der Waals surface area contributed by atoms with Gasteiger partial charge in [0.2, 0.25) is 15.9 Å². The molecule has 1 saturated heterocycles. The lowest BCUT2D eigenvalue weighted by Gasteiger charge is -2.27. The predicted octanol–water partition coefficient (Wildman–Crippen LogP) is 2.76. The van der Waals surface area contributed by atoms with Crippen LogP contribution in [-0.4, -0.2) is 48.3 Å². The van der Waals surface area contributed by atoms with Crippen molar-refractivity contribution in [3.05, 3.63) is 28.2 Å². The Hall–Kier alpha value is -1.35. The van der Waals surface area contributed by atoms with Crippen LogP contribution in [0.15, 0.2) is 23.1 Å². The number of amides is 1. The molecule has 0 bridgehead atoms. The van der Waals surface area contributed by atoms with Crippen LogP contribution in [0.2, 0.25) is 10.0 Å². The van der Waals surface area contributed by atoms with Gasteiger partial charge in [0, 0.05) is 22.6 Å². The maximum absolute atomic E-state index is 13.0. The number of aliphatic carboxylic acids is 1. The minimum absolute atomic E-state index is 0.0781. The zero-order valence-corrected chi connectivity index (χ0v) is 17.3. The molecule has 1 aromatic carbocycles. The second-order valence-corrected chi connectivity index (χ2v) is 9.60. The number of rotatable bonds is 7. The van der Waals surface area contributed by atoms with Crippen LogP contribution >= 0.6 is 23.2 Å². The maximum atomic E-state index is 13.0. The Morgan fingerprint density at radius 2 is 1.85 bits per heavy atom. The molecule has 1 amide bonds. The number of carboxylic acid groups (broad SMARTS) is 1. The summed E-state index contributed by atoms with van der Waals surface area (Å²) in [4.78, 5) is 23.6. The molecule has 1 heterocycles. The number of carbonyl (C=O) groups is 2. The van der Waals surface area contributed by atoms with Crippen molar-refractivity contribution in [2.24, 2.45) is 5.92 Å². The Labute approximate surface area is 168 Å². The molecule has 1 aliphatic heterocycles. The van der Waals surface area contributed by atoms with Crippen LogP contribution in [0.25, 0.3) is 0 Å². The monoisotopic (exact) mass is 436 g/mol. The van der Waals surface area contributed by atoms with Crippen molar-refractivity contribution >= 4 is 45.1 Å². The zero-order chi connectivity index (χ0) is 20.4. The van der Waals surface area contributed by atoms with Gasteiger partial charge in [-0.1, -0.05) is 37.0 Å². The molecule has 0 aliphatic carbocycles. The molecule has 0 unspecified atom stereocenters. The summed E-state index contributed by atoms with van der Waals surface area (Å²) in [6, 6.07) is 2.52. The maximum Gasteiger partial charge on any atom is 0.305 e. The van der Waals surface area contributed by atoms with Gasteiger partial charge in [0.15, 0.2) is 0 Å². The van der Waals surface area contributed by atoms with Crippen molar-refractivity contribution in [3.63, 3.8) is 0 Å². The lowest BCUT2D eigenvalue weighted by molar-refractivity contribution is -0.138. The first kappa shape index (κ1) is 21.9. The van der Waals surface area contributed by atoms with Gasteiger partial charge >= 0.3 is 5.97 Å². The number of carbonyl (C=O) groups excluding carboxylic acids is 1. The highest BCUT2D eigenvalue weighted by Crippen LogP contribution is 2.30. The summed E-state index contributed by atoms with van der Waals surface area (Å²) in [5.74, 6) is -1.63. The number of nitrogens with zero attached hydrogens (tertiary/aromatic N) is 1. The van der Waals surface area contributed by atoms with Gasteiger partial charge in [-0.25, -0.2) is 8.42 Å². The van der Waals surface area contributed by atoms with Crippen molar-refractivity contribution in [1.82, 2.24) is 9.62 Å². The van der Waals surface area contributed by atoms with Gasteiger partial charge in [-0.15, -0.1) is 0 Å². The summed E-state index contributed by atoms with van der Waals surface area (Å²) in [7, 11) is -3.97. The molecule has 2 N–H and O–H groups in total. The van der Waals surface area contributed by atoms with Crippen LogP contribution in [0.3, 0.4) is 0 Å². The summed E-state index contributed by atoms with van der Waals surface area (Å²) < 4.78 is 27.1. The first-order valence-electron chi connectivity index (χ1n) is 8.52. The average molecular weight is 437 g/mol. The number of halogens is 2. The fraction of sp³-hybridized carbons (Fsp3) is 0.529. The van der Waals surface area contributed by atoms with E-state index in [0.717, 1.165) is 4.31 Å². The van der Waals surface area contributed by atoms with Crippen LogP contribution < -0.4 is 5.32 Å². The fourth-order valence-electron chi connectivity index (χ4n) is 3.02. The van der Waals surface area contributed by atoms with Crippen molar-refractivity contribution in [2.75, 3.05) is 6.54 Å². The van der Waals surface area contributed by atoms with Crippen molar-refractivity contribution in [2.45, 2.75) is 50.1 Å². The van der Waals surface area contributed by atoms with E-state index in [2.05, 4.69) is 5.32 Å². The lowest BCUT2D eigenvalue weighted by Crippen LogP contribution is -2.50. The second kappa shape index (κ2) is 8.77. The molecule has 7 nitrogen and oxygen atoms in total. The summed E-state index contributed by atoms with van der Waals surface area (Å²) in [5, 5.41) is 12.1. The van der Waals surface area contributed by atoms with E-state index >= 15 is 0 Å². The van der Waals surface area contributed by atoms with Gasteiger partial charge in [-0.2, -0.15) is 4.31 Å². The minimum Gasteiger partial charge on any atom is -0.481 e. The van der Waals surface area contributed by atoms with E-state index in [0.29, 0.717) is 12.8 Å². The molecule has 1 fully saturated rings. The van der Waals surface area contributed by atoms with Gasteiger partial charge in [0.05, 0.1) is 11.3 Å². The van der Waals surface area contributed by atoms with E-state index in [1.165, 1.54) is 18.2 Å². The highest BCUT2D eigenvalue weighted by Gasteiger charge is 2.40. The van der Waals surface area contributed by atoms with Crippen LogP contribution in [-0.2, 0) is 19.6 Å². The lowest BCUT2D eigenvalue weighted by atomic mass is 10.0. The highest BCUT2D eigenvalue weighted by molar-refractivity contribution is 7.89. The van der Waals surface area contributed by atoms with Crippen molar-refractivity contribution in [3.8, 4) is 0 Å². The molecule has 0 radical (unpaired) electrons. The Bertz CT molecular complexity index is 808. The van der Waals surface area contributed by atoms with Crippen LogP contribution in [0.4, 0.5) is 0 Å². The normalized spacial score (nSPS) is 19.2. The standard InChI is InChI=1S/C17H22Cl2N2O5S/c1-10(2)14(9-16(22)23)20-17(24)15-4-3-5-21(15)27(25,26)13-7-11(18)6-12(19)8-13/h6-8,10,14-15H,3-5,9H2,1-2H3,(H,20,24)(H,22,23)/t14-,15-/m0/s1. The number of benzene rings is 1. The Kier molecular flexibility index (Phi) is 7.13. The molecule has 0 spiro atoms. The Balaban J connectivity index is 2.25. The molecular weight excluding hydrogens is 415 g/mol. The largest absolute Gasteiger partial charge is 0.481 e. The third kappa shape index (κ3) is 5.34. The van der Waals surface area contributed by atoms with Crippen LogP contribution in [0.1, 0.15) is 33.1 Å². The molecule has 0 saturated carbocycles. The van der Waals surface area contributed by atoms with E-state index in [9.17, 15) is 18.0 Å². The van der Waals surface area contributed by atoms with Crippen molar-refractivity contribution < 1.29 is 23.1 Å². The van der Waals surface area contributed by atoms with Crippen LogP contribution in [0.5, 0.6) is 0 Å². The number of hydrogen-bond donors (Lipinski definition) is 2. The average Bonchev–Trinajstić information content (AvgIpc) is 3.03. The zero-order valence-electron chi connectivity index (χ0n) is 15.0. The highest BCUT2D eigenvalue weighted by atomic mass is 35.5. The smallest absolute Gasteiger partial charge is 0.305 e. The molecular formula is C17H22Cl2N2O5S. The minimum atomic E-state index is -3.97. The molecule has 150 valence electrons.